The zero-order valence-electron chi connectivity index (χ0n) is 32.4. The lowest BCUT2D eigenvalue weighted by atomic mass is 10.2. The van der Waals surface area contributed by atoms with Crippen LogP contribution >= 0.6 is 0 Å². The van der Waals surface area contributed by atoms with E-state index >= 15 is 0 Å². The highest BCUT2D eigenvalue weighted by Gasteiger charge is 2.16. The van der Waals surface area contributed by atoms with Gasteiger partial charge in [0.05, 0.1) is 91.2 Å². The van der Waals surface area contributed by atoms with Crippen LogP contribution in [-0.2, 0) is 39.7 Å². The summed E-state index contributed by atoms with van der Waals surface area (Å²) in [5.74, 6) is 0.245. The van der Waals surface area contributed by atoms with Crippen molar-refractivity contribution in [2.45, 2.75) is 46.3 Å². The molecule has 0 bridgehead atoms. The van der Waals surface area contributed by atoms with Crippen LogP contribution in [0, 0.1) is 0 Å². The Morgan fingerprint density at radius 2 is 1.31 bits per heavy atom. The molecule has 3 aromatic heterocycles. The summed E-state index contributed by atoms with van der Waals surface area (Å²) >= 11 is 0. The third-order valence-corrected chi connectivity index (χ3v) is 7.48. The molecule has 4 rings (SSSR count). The van der Waals surface area contributed by atoms with Gasteiger partial charge in [0.25, 0.3) is 5.91 Å². The van der Waals surface area contributed by atoms with E-state index in [1.165, 1.54) is 0 Å². The number of carbonyl (C=O) groups is 2. The van der Waals surface area contributed by atoms with Crippen LogP contribution in [0.5, 0.6) is 0 Å². The highest BCUT2D eigenvalue weighted by Crippen LogP contribution is 2.27. The van der Waals surface area contributed by atoms with Gasteiger partial charge in [-0.1, -0.05) is 6.92 Å². The first kappa shape index (κ1) is 43.1. The van der Waals surface area contributed by atoms with Crippen molar-refractivity contribution < 1.29 is 42.7 Å². The first-order chi connectivity index (χ1) is 26.7. The molecular weight excluding hydrogens is 712 g/mol. The predicted molar refractivity (Wildman–Crippen MR) is 207 cm³/mol. The highest BCUT2D eigenvalue weighted by atomic mass is 16.6. The monoisotopic (exact) mass is 768 g/mol. The Balaban J connectivity index is 0.949. The van der Waals surface area contributed by atoms with Gasteiger partial charge in [0.15, 0.2) is 0 Å². The van der Waals surface area contributed by atoms with Crippen LogP contribution in [0.2, 0.25) is 0 Å². The van der Waals surface area contributed by atoms with E-state index < -0.39 is 11.7 Å². The molecule has 4 N–H and O–H groups in total. The Hall–Kier alpha value is -4.65. The summed E-state index contributed by atoms with van der Waals surface area (Å²) in [6.45, 7) is 14.3. The topological polar surface area (TPSA) is 194 Å². The quantitative estimate of drug-likeness (QED) is 0.0627. The molecule has 55 heavy (non-hydrogen) atoms. The molecule has 4 aromatic rings. The van der Waals surface area contributed by atoms with Gasteiger partial charge in [-0.15, -0.1) is 0 Å². The van der Waals surface area contributed by atoms with Gasteiger partial charge in [0.1, 0.15) is 11.2 Å². The number of anilines is 2. The summed E-state index contributed by atoms with van der Waals surface area (Å²) in [6.07, 6.45) is 6.18. The number of H-pyrrole nitrogens is 1. The van der Waals surface area contributed by atoms with Gasteiger partial charge in [-0.05, 0) is 57.5 Å². The van der Waals surface area contributed by atoms with Gasteiger partial charge >= 0.3 is 6.09 Å². The highest BCUT2D eigenvalue weighted by molar-refractivity contribution is 5.94. The number of fused-ring (bicyclic) bond motifs is 1. The van der Waals surface area contributed by atoms with Crippen molar-refractivity contribution in [2.24, 2.45) is 0 Å². The summed E-state index contributed by atoms with van der Waals surface area (Å²) < 4.78 is 40.0. The molecular formula is C38H56N8O9. The molecule has 0 aliphatic carbocycles. The molecule has 0 unspecified atom stereocenters. The third-order valence-electron chi connectivity index (χ3n) is 7.48. The maximum atomic E-state index is 12.6. The number of hydrogen-bond donors (Lipinski definition) is 4. The summed E-state index contributed by atoms with van der Waals surface area (Å²) in [6, 6.07) is 9.08. The fourth-order valence-corrected chi connectivity index (χ4v) is 4.97. The number of aryl methyl sites for hydroxylation is 1. The Bertz CT molecular complexity index is 1690. The molecule has 0 saturated carbocycles. The van der Waals surface area contributed by atoms with Crippen molar-refractivity contribution >= 4 is 34.7 Å². The van der Waals surface area contributed by atoms with Crippen LogP contribution in [-0.4, -0.2) is 135 Å². The Labute approximate surface area is 322 Å². The summed E-state index contributed by atoms with van der Waals surface area (Å²) in [4.78, 5) is 36.7. The van der Waals surface area contributed by atoms with Crippen molar-refractivity contribution in [3.05, 3.63) is 54.5 Å². The zero-order chi connectivity index (χ0) is 39.1. The van der Waals surface area contributed by atoms with E-state index in [-0.39, 0.29) is 5.91 Å². The predicted octanol–water partition coefficient (Wildman–Crippen LogP) is 4.33. The van der Waals surface area contributed by atoms with Crippen molar-refractivity contribution in [3.8, 4) is 11.3 Å². The molecule has 0 aliphatic heterocycles. The smallest absolute Gasteiger partial charge is 0.407 e. The van der Waals surface area contributed by atoms with E-state index in [2.05, 4.69) is 37.9 Å². The number of hydrogen-bond acceptors (Lipinski definition) is 13. The second-order valence-corrected chi connectivity index (χ2v) is 13.2. The van der Waals surface area contributed by atoms with E-state index in [9.17, 15) is 9.59 Å². The van der Waals surface area contributed by atoms with E-state index in [1.807, 2.05) is 62.2 Å². The second-order valence-electron chi connectivity index (χ2n) is 13.2. The lowest BCUT2D eigenvalue weighted by molar-refractivity contribution is -0.0164. The molecule has 17 heteroatoms. The number of aromatic nitrogens is 5. The van der Waals surface area contributed by atoms with Crippen molar-refractivity contribution in [3.63, 3.8) is 0 Å². The average Bonchev–Trinajstić information content (AvgIpc) is 3.83. The molecule has 2 amide bonds. The fraction of sp³-hybridized carbons (Fsp3) is 0.553. The van der Waals surface area contributed by atoms with Crippen LogP contribution in [0.3, 0.4) is 0 Å². The van der Waals surface area contributed by atoms with Crippen LogP contribution in [0.1, 0.15) is 44.5 Å². The molecule has 0 fully saturated rings. The average molecular weight is 769 g/mol. The van der Waals surface area contributed by atoms with E-state index in [1.54, 1.807) is 12.1 Å². The number of benzene rings is 1. The molecule has 0 atom stereocenters. The maximum Gasteiger partial charge on any atom is 0.407 e. The van der Waals surface area contributed by atoms with E-state index in [0.717, 1.165) is 40.9 Å². The van der Waals surface area contributed by atoms with Gasteiger partial charge in [0.2, 0.25) is 5.95 Å². The minimum absolute atomic E-state index is 0.191. The number of nitrogens with one attached hydrogen (secondary N) is 4. The minimum Gasteiger partial charge on any atom is -0.444 e. The normalized spacial score (nSPS) is 11.6. The number of alkyl carbamates (subject to hydrolysis) is 1. The standard InChI is InChI=1S/C38H56N8O9/c1-5-14-46-28-30(27-42-46)33-32-10-11-39-34(32)45-36(44-33)43-31-8-6-29(7-9-31)35(47)40-12-15-49-17-19-51-21-23-53-25-26-54-24-22-52-20-18-50-16-13-41-37(48)55-38(2,3)4/h6-11,27-28H,5,12-26H2,1-4H3,(H,40,47)(H,41,48)(H2,39,43,44,45). The number of amides is 2. The Kier molecular flexibility index (Phi) is 18.8. The first-order valence-electron chi connectivity index (χ1n) is 18.7. The second kappa shape index (κ2) is 24.0. The number of aromatic amines is 1. The molecule has 0 radical (unpaired) electrons. The van der Waals surface area contributed by atoms with Gasteiger partial charge in [-0.2, -0.15) is 10.1 Å². The Morgan fingerprint density at radius 1 is 0.745 bits per heavy atom. The summed E-state index contributed by atoms with van der Waals surface area (Å²) in [5, 5.41) is 14.1. The molecule has 302 valence electrons. The van der Waals surface area contributed by atoms with Crippen LogP contribution < -0.4 is 16.0 Å². The molecule has 3 heterocycles. The van der Waals surface area contributed by atoms with Gasteiger partial charge in [-0.25, -0.2) is 9.78 Å². The van der Waals surface area contributed by atoms with Crippen molar-refractivity contribution in [1.29, 1.82) is 0 Å². The van der Waals surface area contributed by atoms with Crippen molar-refractivity contribution in [1.82, 2.24) is 35.4 Å². The molecule has 0 saturated heterocycles. The molecule has 17 nitrogen and oxygen atoms in total. The fourth-order valence-electron chi connectivity index (χ4n) is 4.97. The maximum absolute atomic E-state index is 12.6. The van der Waals surface area contributed by atoms with Gasteiger partial charge in [0, 0.05) is 54.2 Å². The van der Waals surface area contributed by atoms with E-state index in [4.69, 9.17) is 38.1 Å². The lowest BCUT2D eigenvalue weighted by Crippen LogP contribution is -2.34. The molecule has 0 spiro atoms. The number of ether oxygens (including phenoxy) is 7. The van der Waals surface area contributed by atoms with Crippen LogP contribution in [0.25, 0.3) is 22.3 Å². The lowest BCUT2D eigenvalue weighted by Gasteiger charge is -2.19. The Morgan fingerprint density at radius 3 is 1.87 bits per heavy atom. The van der Waals surface area contributed by atoms with Crippen molar-refractivity contribution in [2.75, 3.05) is 97.7 Å². The van der Waals surface area contributed by atoms with E-state index in [0.29, 0.717) is 104 Å². The largest absolute Gasteiger partial charge is 0.444 e. The first-order valence-corrected chi connectivity index (χ1v) is 18.7. The SMILES string of the molecule is CCCn1cc(-c2nc(Nc3ccc(C(=O)NCCOCCOCCOCCOCCOCCOCCNC(=O)OC(C)(C)C)cc3)nc3[nH]ccc23)cn1. The van der Waals surface area contributed by atoms with Crippen LogP contribution in [0.4, 0.5) is 16.4 Å². The zero-order valence-corrected chi connectivity index (χ0v) is 32.4. The van der Waals surface area contributed by atoms with Crippen LogP contribution in [0.15, 0.2) is 48.9 Å². The van der Waals surface area contributed by atoms with Gasteiger partial charge < -0.3 is 54.1 Å². The third kappa shape index (κ3) is 16.7. The summed E-state index contributed by atoms with van der Waals surface area (Å²) in [7, 11) is 0. The minimum atomic E-state index is -0.522. The number of rotatable bonds is 27. The summed E-state index contributed by atoms with van der Waals surface area (Å²) in [5.41, 5.74) is 3.18. The number of nitrogens with zero attached hydrogens (tertiary/aromatic N) is 4. The van der Waals surface area contributed by atoms with Gasteiger partial charge in [-0.3, -0.25) is 9.48 Å². The molecule has 0 aliphatic rings. The molecule has 1 aromatic carbocycles. The number of carbonyl (C=O) groups excluding carboxylic acids is 2.